The number of aliphatic hydroxyl groups is 1. The van der Waals surface area contributed by atoms with E-state index in [0.717, 1.165) is 22.2 Å². The fraction of sp³-hybridized carbons (Fsp3) is 0.250. The molecule has 0 bridgehead atoms. The number of hydrogen-bond donors (Lipinski definition) is 1. The van der Waals surface area contributed by atoms with Gasteiger partial charge in [-0.3, -0.25) is 0 Å². The predicted octanol–water partition coefficient (Wildman–Crippen LogP) is 3.78. The van der Waals surface area contributed by atoms with E-state index < -0.39 is 0 Å². The van der Waals surface area contributed by atoms with E-state index in [1.807, 2.05) is 36.4 Å². The molecule has 19 heavy (non-hydrogen) atoms. The zero-order valence-corrected chi connectivity index (χ0v) is 12.4. The van der Waals surface area contributed by atoms with Crippen molar-refractivity contribution in [2.24, 2.45) is 0 Å². The monoisotopic (exact) mass is 320 g/mol. The molecule has 0 aliphatic heterocycles. The Morgan fingerprint density at radius 1 is 1.16 bits per heavy atom. The summed E-state index contributed by atoms with van der Waals surface area (Å²) in [5.74, 6) is 0.950. The third kappa shape index (κ3) is 3.58. The van der Waals surface area contributed by atoms with Crippen molar-refractivity contribution in [2.75, 3.05) is 13.7 Å². The van der Waals surface area contributed by atoms with Crippen molar-refractivity contribution in [3.05, 3.63) is 64.1 Å². The van der Waals surface area contributed by atoms with Gasteiger partial charge in [-0.1, -0.05) is 36.4 Å². The first-order chi connectivity index (χ1) is 9.24. The molecule has 0 spiro atoms. The van der Waals surface area contributed by atoms with E-state index in [1.165, 1.54) is 5.56 Å². The van der Waals surface area contributed by atoms with E-state index in [-0.39, 0.29) is 12.5 Å². The first-order valence-corrected chi connectivity index (χ1v) is 7.02. The highest BCUT2D eigenvalue weighted by molar-refractivity contribution is 9.10. The smallest absolute Gasteiger partial charge is 0.133 e. The Morgan fingerprint density at radius 3 is 2.47 bits per heavy atom. The molecular formula is C16H17BrO2. The summed E-state index contributed by atoms with van der Waals surface area (Å²) in [4.78, 5) is 0. The lowest BCUT2D eigenvalue weighted by atomic mass is 9.93. The van der Waals surface area contributed by atoms with Crippen LogP contribution in [0, 0.1) is 0 Å². The number of rotatable bonds is 5. The second kappa shape index (κ2) is 6.73. The summed E-state index contributed by atoms with van der Waals surface area (Å²) in [6.45, 7) is 0.146. The van der Waals surface area contributed by atoms with Crippen LogP contribution in [0.3, 0.4) is 0 Å². The molecule has 0 aliphatic carbocycles. The minimum Gasteiger partial charge on any atom is -0.496 e. The molecule has 1 unspecified atom stereocenters. The van der Waals surface area contributed by atoms with Crippen LogP contribution in [0.25, 0.3) is 0 Å². The van der Waals surface area contributed by atoms with Gasteiger partial charge < -0.3 is 9.84 Å². The summed E-state index contributed by atoms with van der Waals surface area (Å²) in [7, 11) is 1.65. The molecule has 0 fully saturated rings. The summed E-state index contributed by atoms with van der Waals surface area (Å²) in [5, 5.41) is 9.57. The Bertz CT molecular complexity index is 526. The van der Waals surface area contributed by atoms with E-state index in [4.69, 9.17) is 4.74 Å². The fourth-order valence-corrected chi connectivity index (χ4v) is 2.72. The molecule has 0 radical (unpaired) electrons. The molecule has 0 aromatic heterocycles. The molecule has 2 rings (SSSR count). The van der Waals surface area contributed by atoms with Crippen LogP contribution in [-0.2, 0) is 6.42 Å². The quantitative estimate of drug-likeness (QED) is 0.908. The highest BCUT2D eigenvalue weighted by atomic mass is 79.9. The van der Waals surface area contributed by atoms with Crippen molar-refractivity contribution in [3.63, 3.8) is 0 Å². The Labute approximate surface area is 122 Å². The molecule has 0 saturated carbocycles. The Kier molecular flexibility index (Phi) is 5.00. The molecule has 1 atom stereocenters. The number of halogens is 1. The van der Waals surface area contributed by atoms with Crippen LogP contribution in [0.4, 0.5) is 0 Å². The summed E-state index contributed by atoms with van der Waals surface area (Å²) < 4.78 is 6.16. The SMILES string of the molecule is COc1ccc(CC(CO)c2ccccc2)cc1Br. The van der Waals surface area contributed by atoms with Gasteiger partial charge in [0, 0.05) is 5.92 Å². The number of ether oxygens (including phenoxy) is 1. The number of methoxy groups -OCH3 is 1. The van der Waals surface area contributed by atoms with Gasteiger partial charge in [0.2, 0.25) is 0 Å². The van der Waals surface area contributed by atoms with Crippen molar-refractivity contribution in [3.8, 4) is 5.75 Å². The third-order valence-electron chi connectivity index (χ3n) is 3.19. The van der Waals surface area contributed by atoms with Crippen LogP contribution in [0.2, 0.25) is 0 Å². The lowest BCUT2D eigenvalue weighted by molar-refractivity contribution is 0.264. The highest BCUT2D eigenvalue weighted by Crippen LogP contribution is 2.28. The summed E-state index contributed by atoms with van der Waals surface area (Å²) in [6.07, 6.45) is 0.809. The molecule has 100 valence electrons. The van der Waals surface area contributed by atoms with E-state index in [0.29, 0.717) is 0 Å². The predicted molar refractivity (Wildman–Crippen MR) is 80.7 cm³/mol. The molecule has 2 aromatic rings. The fourth-order valence-electron chi connectivity index (χ4n) is 2.13. The van der Waals surface area contributed by atoms with Crippen LogP contribution < -0.4 is 4.74 Å². The van der Waals surface area contributed by atoms with Gasteiger partial charge in [0.05, 0.1) is 18.2 Å². The minimum absolute atomic E-state index is 0.126. The summed E-state index contributed by atoms with van der Waals surface area (Å²) in [5.41, 5.74) is 2.34. The van der Waals surface area contributed by atoms with Crippen LogP contribution in [0.15, 0.2) is 53.0 Å². The maximum atomic E-state index is 9.57. The van der Waals surface area contributed by atoms with Gasteiger partial charge in [-0.15, -0.1) is 0 Å². The zero-order chi connectivity index (χ0) is 13.7. The van der Waals surface area contributed by atoms with Crippen LogP contribution in [-0.4, -0.2) is 18.8 Å². The van der Waals surface area contributed by atoms with E-state index in [1.54, 1.807) is 7.11 Å². The first kappa shape index (κ1) is 14.1. The van der Waals surface area contributed by atoms with E-state index in [2.05, 4.69) is 28.1 Å². The van der Waals surface area contributed by atoms with E-state index in [9.17, 15) is 5.11 Å². The molecule has 0 amide bonds. The molecule has 2 nitrogen and oxygen atoms in total. The largest absolute Gasteiger partial charge is 0.496 e. The zero-order valence-electron chi connectivity index (χ0n) is 10.8. The summed E-state index contributed by atoms with van der Waals surface area (Å²) in [6, 6.07) is 16.1. The second-order valence-corrected chi connectivity index (χ2v) is 5.32. The van der Waals surface area contributed by atoms with Crippen LogP contribution in [0.5, 0.6) is 5.75 Å². The molecule has 0 saturated heterocycles. The topological polar surface area (TPSA) is 29.5 Å². The average molecular weight is 321 g/mol. The average Bonchev–Trinajstić information content (AvgIpc) is 2.46. The van der Waals surface area contributed by atoms with Gasteiger partial charge >= 0.3 is 0 Å². The number of hydrogen-bond acceptors (Lipinski definition) is 2. The molecule has 2 aromatic carbocycles. The second-order valence-electron chi connectivity index (χ2n) is 4.46. The van der Waals surface area contributed by atoms with Crippen LogP contribution >= 0.6 is 15.9 Å². The highest BCUT2D eigenvalue weighted by Gasteiger charge is 2.12. The van der Waals surface area contributed by atoms with Gasteiger partial charge in [-0.25, -0.2) is 0 Å². The van der Waals surface area contributed by atoms with Gasteiger partial charge in [-0.05, 0) is 45.6 Å². The van der Waals surface area contributed by atoms with Crippen LogP contribution in [0.1, 0.15) is 17.0 Å². The van der Waals surface area contributed by atoms with Gasteiger partial charge in [-0.2, -0.15) is 0 Å². The Hall–Kier alpha value is -1.32. The van der Waals surface area contributed by atoms with Crippen molar-refractivity contribution < 1.29 is 9.84 Å². The molecule has 1 N–H and O–H groups in total. The molecular weight excluding hydrogens is 304 g/mol. The minimum atomic E-state index is 0.126. The number of aliphatic hydroxyl groups excluding tert-OH is 1. The number of benzene rings is 2. The maximum absolute atomic E-state index is 9.57. The molecule has 3 heteroatoms. The van der Waals surface area contributed by atoms with Gasteiger partial charge in [0.15, 0.2) is 0 Å². The normalized spacial score (nSPS) is 12.2. The molecule has 0 heterocycles. The van der Waals surface area contributed by atoms with Gasteiger partial charge in [0.25, 0.3) is 0 Å². The van der Waals surface area contributed by atoms with Gasteiger partial charge in [0.1, 0.15) is 5.75 Å². The first-order valence-electron chi connectivity index (χ1n) is 6.23. The maximum Gasteiger partial charge on any atom is 0.133 e. The Balaban J connectivity index is 2.17. The van der Waals surface area contributed by atoms with E-state index >= 15 is 0 Å². The summed E-state index contributed by atoms with van der Waals surface area (Å²) >= 11 is 3.49. The van der Waals surface area contributed by atoms with Crippen molar-refractivity contribution in [1.29, 1.82) is 0 Å². The lowest BCUT2D eigenvalue weighted by Gasteiger charge is -2.15. The molecule has 0 aliphatic rings. The van der Waals surface area contributed by atoms with Crippen molar-refractivity contribution in [1.82, 2.24) is 0 Å². The van der Waals surface area contributed by atoms with Crippen molar-refractivity contribution >= 4 is 15.9 Å². The standard InChI is InChI=1S/C16H17BrO2/c1-19-16-8-7-12(10-15(16)17)9-14(11-18)13-5-3-2-4-6-13/h2-8,10,14,18H,9,11H2,1H3. The third-order valence-corrected chi connectivity index (χ3v) is 3.81. The lowest BCUT2D eigenvalue weighted by Crippen LogP contribution is -2.07. The van der Waals surface area contributed by atoms with Crippen molar-refractivity contribution in [2.45, 2.75) is 12.3 Å². The Morgan fingerprint density at radius 2 is 1.89 bits per heavy atom.